The van der Waals surface area contributed by atoms with Gasteiger partial charge in [-0.1, -0.05) is 36.4 Å². The molecule has 0 fully saturated rings. The van der Waals surface area contributed by atoms with Crippen LogP contribution in [0.2, 0.25) is 0 Å². The van der Waals surface area contributed by atoms with Crippen LogP contribution in [0.25, 0.3) is 0 Å². The number of benzene rings is 2. The lowest BCUT2D eigenvalue weighted by Gasteiger charge is -2.32. The van der Waals surface area contributed by atoms with Crippen LogP contribution < -0.4 is 5.32 Å². The van der Waals surface area contributed by atoms with Crippen LogP contribution in [0.5, 0.6) is 0 Å². The number of rotatable bonds is 4. The fraction of sp³-hybridized carbons (Fsp3) is 0.333. The minimum Gasteiger partial charge on any atom is -0.372 e. The van der Waals surface area contributed by atoms with Crippen molar-refractivity contribution in [3.05, 3.63) is 68.8 Å². The van der Waals surface area contributed by atoms with Crippen LogP contribution in [-0.2, 0) is 17.6 Å². The second-order valence-corrected chi connectivity index (χ2v) is 6.71. The second-order valence-electron chi connectivity index (χ2n) is 5.47. The van der Waals surface area contributed by atoms with E-state index in [0.29, 0.717) is 6.04 Å². The number of nitrogens with one attached hydrogen (secondary N) is 1. The standard InChI is InChI=1S/C18H20INO/c1-20-17(12-13-6-8-15(19)9-7-13)18-16-5-3-2-4-14(16)10-11-21-18/h2-9,17-18,20H,10-12H2,1H3. The molecule has 0 amide bonds. The van der Waals surface area contributed by atoms with Crippen LogP contribution in [0.15, 0.2) is 48.5 Å². The maximum Gasteiger partial charge on any atom is 0.0983 e. The maximum atomic E-state index is 6.09. The highest BCUT2D eigenvalue weighted by molar-refractivity contribution is 14.1. The third-order valence-electron chi connectivity index (χ3n) is 4.14. The van der Waals surface area contributed by atoms with Gasteiger partial charge in [0.15, 0.2) is 0 Å². The highest BCUT2D eigenvalue weighted by Gasteiger charge is 2.27. The van der Waals surface area contributed by atoms with Crippen LogP contribution in [0.3, 0.4) is 0 Å². The van der Waals surface area contributed by atoms with Crippen molar-refractivity contribution in [2.75, 3.05) is 13.7 Å². The van der Waals surface area contributed by atoms with Crippen molar-refractivity contribution in [1.29, 1.82) is 0 Å². The van der Waals surface area contributed by atoms with Gasteiger partial charge in [0.05, 0.1) is 12.7 Å². The van der Waals surface area contributed by atoms with Crippen molar-refractivity contribution in [1.82, 2.24) is 5.32 Å². The number of hydrogen-bond acceptors (Lipinski definition) is 2. The van der Waals surface area contributed by atoms with Crippen molar-refractivity contribution < 1.29 is 4.74 Å². The number of likely N-dealkylation sites (N-methyl/N-ethyl adjacent to an activating group) is 1. The zero-order valence-electron chi connectivity index (χ0n) is 12.2. The topological polar surface area (TPSA) is 21.3 Å². The number of ether oxygens (including phenoxy) is 1. The van der Waals surface area contributed by atoms with E-state index in [0.717, 1.165) is 19.4 Å². The summed E-state index contributed by atoms with van der Waals surface area (Å²) < 4.78 is 7.36. The molecule has 1 N–H and O–H groups in total. The Morgan fingerprint density at radius 3 is 2.71 bits per heavy atom. The Kier molecular flexibility index (Phi) is 4.93. The zero-order valence-corrected chi connectivity index (χ0v) is 14.3. The summed E-state index contributed by atoms with van der Waals surface area (Å²) in [6, 6.07) is 17.7. The highest BCUT2D eigenvalue weighted by Crippen LogP contribution is 2.30. The summed E-state index contributed by atoms with van der Waals surface area (Å²) in [7, 11) is 2.03. The highest BCUT2D eigenvalue weighted by atomic mass is 127. The van der Waals surface area contributed by atoms with Crippen molar-refractivity contribution in [3.63, 3.8) is 0 Å². The summed E-state index contributed by atoms with van der Waals surface area (Å²) in [5, 5.41) is 3.45. The quantitative estimate of drug-likeness (QED) is 0.800. The Balaban J connectivity index is 1.82. The molecule has 0 aliphatic carbocycles. The van der Waals surface area contributed by atoms with Gasteiger partial charge >= 0.3 is 0 Å². The average Bonchev–Trinajstić information content (AvgIpc) is 2.54. The minimum atomic E-state index is 0.138. The molecular weight excluding hydrogens is 373 g/mol. The van der Waals surface area contributed by atoms with E-state index in [1.165, 1.54) is 20.3 Å². The number of hydrogen-bond donors (Lipinski definition) is 1. The van der Waals surface area contributed by atoms with Gasteiger partial charge < -0.3 is 10.1 Å². The van der Waals surface area contributed by atoms with Gasteiger partial charge in [-0.15, -0.1) is 0 Å². The summed E-state index contributed by atoms with van der Waals surface area (Å²) in [4.78, 5) is 0. The molecule has 0 radical (unpaired) electrons. The molecule has 1 aliphatic rings. The maximum absolute atomic E-state index is 6.09. The first-order valence-electron chi connectivity index (χ1n) is 7.39. The molecule has 3 heteroatoms. The smallest absolute Gasteiger partial charge is 0.0983 e. The van der Waals surface area contributed by atoms with E-state index in [9.17, 15) is 0 Å². The van der Waals surface area contributed by atoms with Crippen LogP contribution in [0, 0.1) is 3.57 Å². The summed E-state index contributed by atoms with van der Waals surface area (Å²) in [6.07, 6.45) is 2.14. The van der Waals surface area contributed by atoms with E-state index in [4.69, 9.17) is 4.74 Å². The molecule has 2 nitrogen and oxygen atoms in total. The Bertz CT molecular complexity index is 596. The normalized spacial score (nSPS) is 19.0. The lowest BCUT2D eigenvalue weighted by Crippen LogP contribution is -2.38. The largest absolute Gasteiger partial charge is 0.372 e. The SMILES string of the molecule is CNC(Cc1ccc(I)cc1)C1OCCc2ccccc21. The number of fused-ring (bicyclic) bond motifs is 1. The second kappa shape index (κ2) is 6.90. The van der Waals surface area contributed by atoms with Crippen LogP contribution in [-0.4, -0.2) is 19.7 Å². The summed E-state index contributed by atoms with van der Waals surface area (Å²) >= 11 is 2.34. The van der Waals surface area contributed by atoms with Crippen LogP contribution in [0.1, 0.15) is 22.8 Å². The molecule has 1 aliphatic heterocycles. The van der Waals surface area contributed by atoms with Crippen molar-refractivity contribution in [3.8, 4) is 0 Å². The van der Waals surface area contributed by atoms with E-state index >= 15 is 0 Å². The van der Waals surface area contributed by atoms with E-state index in [1.807, 2.05) is 7.05 Å². The summed E-state index contributed by atoms with van der Waals surface area (Å²) in [6.45, 7) is 0.812. The Morgan fingerprint density at radius 1 is 1.19 bits per heavy atom. The summed E-state index contributed by atoms with van der Waals surface area (Å²) in [5.41, 5.74) is 4.12. The third-order valence-corrected chi connectivity index (χ3v) is 4.85. The molecule has 2 aromatic rings. The van der Waals surface area contributed by atoms with Gasteiger partial charge in [0.1, 0.15) is 0 Å². The molecule has 0 aromatic heterocycles. The molecule has 110 valence electrons. The first kappa shape index (κ1) is 15.0. The van der Waals surface area contributed by atoms with Gasteiger partial charge in [0.25, 0.3) is 0 Å². The van der Waals surface area contributed by atoms with Crippen molar-refractivity contribution in [2.45, 2.75) is 25.0 Å². The van der Waals surface area contributed by atoms with Gasteiger partial charge in [0, 0.05) is 9.61 Å². The molecule has 0 saturated carbocycles. The molecule has 3 rings (SSSR count). The minimum absolute atomic E-state index is 0.138. The van der Waals surface area contributed by atoms with E-state index in [1.54, 1.807) is 0 Å². The molecule has 2 unspecified atom stereocenters. The van der Waals surface area contributed by atoms with Gasteiger partial charge in [-0.05, 0) is 71.3 Å². The molecule has 0 spiro atoms. The van der Waals surface area contributed by atoms with Crippen LogP contribution >= 0.6 is 22.6 Å². The fourth-order valence-corrected chi connectivity index (χ4v) is 3.35. The zero-order chi connectivity index (χ0) is 14.7. The Labute approximate surface area is 140 Å². The fourth-order valence-electron chi connectivity index (χ4n) is 2.99. The van der Waals surface area contributed by atoms with E-state index in [-0.39, 0.29) is 6.10 Å². The molecule has 2 atom stereocenters. The first-order chi connectivity index (χ1) is 10.3. The molecule has 2 aromatic carbocycles. The predicted molar refractivity (Wildman–Crippen MR) is 94.5 cm³/mol. The lowest BCUT2D eigenvalue weighted by atomic mass is 9.90. The first-order valence-corrected chi connectivity index (χ1v) is 8.47. The van der Waals surface area contributed by atoms with E-state index < -0.39 is 0 Å². The molecule has 0 saturated heterocycles. The third kappa shape index (κ3) is 3.47. The van der Waals surface area contributed by atoms with Gasteiger partial charge in [-0.25, -0.2) is 0 Å². The van der Waals surface area contributed by atoms with E-state index in [2.05, 4.69) is 76.4 Å². The Hall–Kier alpha value is -0.910. The average molecular weight is 393 g/mol. The summed E-state index contributed by atoms with van der Waals surface area (Å²) in [5.74, 6) is 0. The monoisotopic (exact) mass is 393 g/mol. The molecular formula is C18H20INO. The Morgan fingerprint density at radius 2 is 1.95 bits per heavy atom. The predicted octanol–water partition coefficient (Wildman–Crippen LogP) is 3.74. The molecule has 1 heterocycles. The van der Waals surface area contributed by atoms with Gasteiger partial charge in [-0.2, -0.15) is 0 Å². The van der Waals surface area contributed by atoms with Gasteiger partial charge in [0.2, 0.25) is 0 Å². The molecule has 0 bridgehead atoms. The molecule has 21 heavy (non-hydrogen) atoms. The number of halogens is 1. The van der Waals surface area contributed by atoms with Gasteiger partial charge in [-0.3, -0.25) is 0 Å². The van der Waals surface area contributed by atoms with Crippen molar-refractivity contribution in [2.24, 2.45) is 0 Å². The van der Waals surface area contributed by atoms with Crippen LogP contribution in [0.4, 0.5) is 0 Å². The lowest BCUT2D eigenvalue weighted by molar-refractivity contribution is 0.0172. The van der Waals surface area contributed by atoms with Crippen molar-refractivity contribution >= 4 is 22.6 Å².